The number of fused-ring (bicyclic) bond motifs is 1. The van der Waals surface area contributed by atoms with E-state index in [2.05, 4.69) is 26.0 Å². The fraction of sp³-hybridized carbons (Fsp3) is 0.130. The summed E-state index contributed by atoms with van der Waals surface area (Å²) in [6.45, 7) is 2.00. The molecule has 0 unspecified atom stereocenters. The quantitative estimate of drug-likeness (QED) is 0.338. The van der Waals surface area contributed by atoms with Crippen LogP contribution in [0.4, 0.5) is 0 Å². The molecule has 9 heteroatoms. The Labute approximate surface area is 196 Å². The Morgan fingerprint density at radius 1 is 1.25 bits per heavy atom. The standard InChI is InChI=1S/C23H17BrClN3O4/c1-2-3-21-27-19-8-5-14(24)11-17(19)22(29)28(21)26-12-15-6-9-20(32-15)16-10-13(23(30)31)4-7-18(16)25/h4-12H,2-3H2,1H3,(H,30,31). The molecule has 0 aliphatic heterocycles. The molecule has 0 saturated heterocycles. The van der Waals surface area contributed by atoms with Crippen molar-refractivity contribution >= 4 is 50.6 Å². The van der Waals surface area contributed by atoms with E-state index in [0.29, 0.717) is 45.3 Å². The average Bonchev–Trinajstić information content (AvgIpc) is 3.23. The first-order valence-electron chi connectivity index (χ1n) is 9.76. The molecule has 7 nitrogen and oxygen atoms in total. The highest BCUT2D eigenvalue weighted by molar-refractivity contribution is 9.10. The maximum Gasteiger partial charge on any atom is 0.335 e. The van der Waals surface area contributed by atoms with Crippen molar-refractivity contribution in [3.05, 3.63) is 85.5 Å². The maximum atomic E-state index is 13.1. The number of hydrogen-bond acceptors (Lipinski definition) is 5. The summed E-state index contributed by atoms with van der Waals surface area (Å²) in [4.78, 5) is 28.9. The first-order valence-corrected chi connectivity index (χ1v) is 10.9. The van der Waals surface area contributed by atoms with E-state index in [0.717, 1.165) is 10.9 Å². The van der Waals surface area contributed by atoms with E-state index in [4.69, 9.17) is 16.0 Å². The molecule has 2 aromatic carbocycles. The van der Waals surface area contributed by atoms with Gasteiger partial charge in [-0.3, -0.25) is 4.79 Å². The lowest BCUT2D eigenvalue weighted by Crippen LogP contribution is -2.22. The Morgan fingerprint density at radius 2 is 2.06 bits per heavy atom. The Hall–Kier alpha value is -3.23. The average molecular weight is 515 g/mol. The molecule has 162 valence electrons. The van der Waals surface area contributed by atoms with Gasteiger partial charge in [0, 0.05) is 16.5 Å². The third-order valence-electron chi connectivity index (χ3n) is 4.75. The van der Waals surface area contributed by atoms with Gasteiger partial charge in [0.15, 0.2) is 0 Å². The summed E-state index contributed by atoms with van der Waals surface area (Å²) in [7, 11) is 0. The molecule has 0 fully saturated rings. The van der Waals surface area contributed by atoms with Gasteiger partial charge in [0.1, 0.15) is 17.3 Å². The Morgan fingerprint density at radius 3 is 2.81 bits per heavy atom. The van der Waals surface area contributed by atoms with Crippen LogP contribution in [0.2, 0.25) is 5.02 Å². The van der Waals surface area contributed by atoms with Crippen LogP contribution in [0, 0.1) is 0 Å². The second-order valence-electron chi connectivity index (χ2n) is 7.00. The molecule has 2 heterocycles. The molecule has 0 saturated carbocycles. The molecule has 0 bridgehead atoms. The van der Waals surface area contributed by atoms with Crippen molar-refractivity contribution in [3.8, 4) is 11.3 Å². The molecule has 0 aliphatic rings. The lowest BCUT2D eigenvalue weighted by atomic mass is 10.1. The van der Waals surface area contributed by atoms with Crippen LogP contribution in [0.3, 0.4) is 0 Å². The van der Waals surface area contributed by atoms with Gasteiger partial charge in [0.05, 0.1) is 27.7 Å². The zero-order valence-electron chi connectivity index (χ0n) is 16.9. The predicted molar refractivity (Wildman–Crippen MR) is 127 cm³/mol. The summed E-state index contributed by atoms with van der Waals surface area (Å²) in [5.74, 6) is 0.254. The highest BCUT2D eigenvalue weighted by Gasteiger charge is 2.13. The number of carboxylic acids is 1. The third kappa shape index (κ3) is 4.37. The number of furan rings is 1. The van der Waals surface area contributed by atoms with Crippen molar-refractivity contribution in [2.75, 3.05) is 0 Å². The highest BCUT2D eigenvalue weighted by Crippen LogP contribution is 2.30. The van der Waals surface area contributed by atoms with Crippen molar-refractivity contribution in [2.24, 2.45) is 5.10 Å². The van der Waals surface area contributed by atoms with E-state index in [1.165, 1.54) is 29.1 Å². The van der Waals surface area contributed by atoms with Gasteiger partial charge < -0.3 is 9.52 Å². The topological polar surface area (TPSA) is 97.7 Å². The lowest BCUT2D eigenvalue weighted by Gasteiger charge is -2.08. The SMILES string of the molecule is CCCc1nc2ccc(Br)cc2c(=O)n1N=Cc1ccc(-c2cc(C(=O)O)ccc2Cl)o1. The highest BCUT2D eigenvalue weighted by atomic mass is 79.9. The molecule has 4 aromatic rings. The van der Waals surface area contributed by atoms with Gasteiger partial charge in [-0.15, -0.1) is 0 Å². The van der Waals surface area contributed by atoms with Gasteiger partial charge in [-0.2, -0.15) is 9.78 Å². The number of carbonyl (C=O) groups is 1. The molecular formula is C23H17BrClN3O4. The van der Waals surface area contributed by atoms with E-state index in [-0.39, 0.29) is 11.1 Å². The Bertz CT molecular complexity index is 1420. The summed E-state index contributed by atoms with van der Waals surface area (Å²) < 4.78 is 7.84. The number of rotatable bonds is 6. The van der Waals surface area contributed by atoms with Crippen LogP contribution < -0.4 is 5.56 Å². The Balaban J connectivity index is 1.73. The summed E-state index contributed by atoms with van der Waals surface area (Å²) in [6.07, 6.45) is 2.80. The summed E-state index contributed by atoms with van der Waals surface area (Å²) in [6, 6.07) is 13.1. The summed E-state index contributed by atoms with van der Waals surface area (Å²) in [5.41, 5.74) is 0.883. The molecule has 0 amide bonds. The van der Waals surface area contributed by atoms with Crippen molar-refractivity contribution < 1.29 is 14.3 Å². The lowest BCUT2D eigenvalue weighted by molar-refractivity contribution is 0.0697. The zero-order chi connectivity index (χ0) is 22.8. The van der Waals surface area contributed by atoms with E-state index < -0.39 is 5.97 Å². The predicted octanol–water partition coefficient (Wildman–Crippen LogP) is 5.61. The number of carboxylic acid groups (broad SMARTS) is 1. The van der Waals surface area contributed by atoms with Crippen LogP contribution in [0.15, 0.2) is 67.3 Å². The number of hydrogen-bond donors (Lipinski definition) is 1. The van der Waals surface area contributed by atoms with Gasteiger partial charge >= 0.3 is 5.97 Å². The first-order chi connectivity index (χ1) is 15.4. The van der Waals surface area contributed by atoms with Crippen LogP contribution in [0.5, 0.6) is 0 Å². The molecule has 0 radical (unpaired) electrons. The van der Waals surface area contributed by atoms with Gasteiger partial charge in [-0.25, -0.2) is 9.78 Å². The smallest absolute Gasteiger partial charge is 0.335 e. The molecule has 1 N–H and O–H groups in total. The third-order valence-corrected chi connectivity index (χ3v) is 5.58. The second kappa shape index (κ2) is 9.10. The van der Waals surface area contributed by atoms with Gasteiger partial charge in [-0.1, -0.05) is 34.5 Å². The van der Waals surface area contributed by atoms with Crippen molar-refractivity contribution in [3.63, 3.8) is 0 Å². The number of aryl methyl sites for hydroxylation is 1. The summed E-state index contributed by atoms with van der Waals surface area (Å²) >= 11 is 9.60. The molecule has 0 atom stereocenters. The minimum atomic E-state index is -1.06. The zero-order valence-corrected chi connectivity index (χ0v) is 19.2. The van der Waals surface area contributed by atoms with Crippen molar-refractivity contribution in [2.45, 2.75) is 19.8 Å². The molecule has 4 rings (SSSR count). The Kier molecular flexibility index (Phi) is 6.25. The van der Waals surface area contributed by atoms with Gasteiger partial charge in [0.25, 0.3) is 5.56 Å². The largest absolute Gasteiger partial charge is 0.478 e. The minimum absolute atomic E-state index is 0.0974. The number of aromatic nitrogens is 2. The van der Waals surface area contributed by atoms with Crippen molar-refractivity contribution in [1.29, 1.82) is 0 Å². The van der Waals surface area contributed by atoms with Gasteiger partial charge in [-0.05, 0) is 55.0 Å². The van der Waals surface area contributed by atoms with Crippen LogP contribution in [0.1, 0.15) is 35.3 Å². The van der Waals surface area contributed by atoms with Crippen LogP contribution in [-0.2, 0) is 6.42 Å². The first kappa shape index (κ1) is 22.0. The number of aromatic carboxylic acids is 1. The number of nitrogens with zero attached hydrogens (tertiary/aromatic N) is 3. The molecule has 0 spiro atoms. The number of benzene rings is 2. The van der Waals surface area contributed by atoms with Crippen LogP contribution in [0.25, 0.3) is 22.2 Å². The van der Waals surface area contributed by atoms with Crippen molar-refractivity contribution in [1.82, 2.24) is 9.66 Å². The van der Waals surface area contributed by atoms with Crippen LogP contribution in [-0.4, -0.2) is 27.0 Å². The van der Waals surface area contributed by atoms with E-state index in [1.807, 2.05) is 13.0 Å². The molecule has 0 aliphatic carbocycles. The maximum absolute atomic E-state index is 13.1. The van der Waals surface area contributed by atoms with E-state index >= 15 is 0 Å². The molecule has 2 aromatic heterocycles. The molecule has 32 heavy (non-hydrogen) atoms. The monoisotopic (exact) mass is 513 g/mol. The molecular weight excluding hydrogens is 498 g/mol. The summed E-state index contributed by atoms with van der Waals surface area (Å²) in [5, 5.41) is 14.4. The number of halogens is 2. The van der Waals surface area contributed by atoms with E-state index in [1.54, 1.807) is 24.3 Å². The van der Waals surface area contributed by atoms with Crippen LogP contribution >= 0.6 is 27.5 Å². The minimum Gasteiger partial charge on any atom is -0.478 e. The second-order valence-corrected chi connectivity index (χ2v) is 8.33. The van der Waals surface area contributed by atoms with Gasteiger partial charge in [0.2, 0.25) is 0 Å². The fourth-order valence-corrected chi connectivity index (χ4v) is 3.80. The fourth-order valence-electron chi connectivity index (χ4n) is 3.23. The normalized spacial score (nSPS) is 11.5. The van der Waals surface area contributed by atoms with E-state index in [9.17, 15) is 14.7 Å².